The average Bonchev–Trinajstić information content (AvgIpc) is 3.91. The third-order valence-electron chi connectivity index (χ3n) is 8.32. The molecule has 2 aliphatic rings. The first-order chi connectivity index (χ1) is 22.6. The van der Waals surface area contributed by atoms with E-state index in [2.05, 4.69) is 15.5 Å². The Morgan fingerprint density at radius 1 is 0.979 bits per heavy atom. The molecular weight excluding hydrogens is 622 g/mol. The first kappa shape index (κ1) is 33.8. The summed E-state index contributed by atoms with van der Waals surface area (Å²) in [5.41, 5.74) is 8.85. The molecule has 1 saturated heterocycles. The lowest BCUT2D eigenvalue weighted by molar-refractivity contribution is -0.144. The van der Waals surface area contributed by atoms with E-state index >= 15 is 0 Å². The number of likely N-dealkylation sites (tertiary alicyclic amines) is 1. The van der Waals surface area contributed by atoms with Crippen LogP contribution in [0.2, 0.25) is 0 Å². The lowest BCUT2D eigenvalue weighted by atomic mass is 9.98. The van der Waals surface area contributed by atoms with Crippen LogP contribution in [0.4, 0.5) is 0 Å². The van der Waals surface area contributed by atoms with Crippen LogP contribution in [0.25, 0.3) is 10.8 Å². The number of fused-ring (bicyclic) bond motifs is 1. The summed E-state index contributed by atoms with van der Waals surface area (Å²) in [6, 6.07) is 19.5. The van der Waals surface area contributed by atoms with Crippen LogP contribution in [-0.2, 0) is 35.9 Å². The number of hydroxylamine groups is 1. The summed E-state index contributed by atoms with van der Waals surface area (Å²) in [5, 5.41) is 12.1. The Morgan fingerprint density at radius 2 is 1.70 bits per heavy atom. The molecule has 3 aromatic rings. The van der Waals surface area contributed by atoms with Crippen molar-refractivity contribution in [3.63, 3.8) is 0 Å². The van der Waals surface area contributed by atoms with Gasteiger partial charge in [-0.2, -0.15) is 4.72 Å². The van der Waals surface area contributed by atoms with Crippen LogP contribution in [0.1, 0.15) is 37.7 Å². The van der Waals surface area contributed by atoms with Gasteiger partial charge >= 0.3 is 0 Å². The van der Waals surface area contributed by atoms with Gasteiger partial charge in [0.2, 0.25) is 21.8 Å². The van der Waals surface area contributed by atoms with Crippen molar-refractivity contribution < 1.29 is 27.6 Å². The maximum absolute atomic E-state index is 14.0. The average molecular weight is 664 g/mol. The van der Waals surface area contributed by atoms with Crippen molar-refractivity contribution in [1.29, 1.82) is 5.41 Å². The summed E-state index contributed by atoms with van der Waals surface area (Å²) in [7, 11) is -4.25. The summed E-state index contributed by atoms with van der Waals surface area (Å²) in [4.78, 5) is 48.4. The number of rotatable bonds is 14. The van der Waals surface area contributed by atoms with Crippen LogP contribution in [0.15, 0.2) is 77.7 Å². The predicted octanol–water partition coefficient (Wildman–Crippen LogP) is 1.84. The number of benzene rings is 3. The Kier molecular flexibility index (Phi) is 11.1. The maximum atomic E-state index is 14.0. The van der Waals surface area contributed by atoms with Crippen molar-refractivity contribution in [2.75, 3.05) is 26.2 Å². The van der Waals surface area contributed by atoms with E-state index in [1.807, 2.05) is 42.5 Å². The number of nitrogens with two attached hydrogens (primary N) is 1. The fourth-order valence-corrected chi connectivity index (χ4v) is 6.89. The van der Waals surface area contributed by atoms with E-state index < -0.39 is 40.2 Å². The van der Waals surface area contributed by atoms with Gasteiger partial charge in [-0.3, -0.25) is 24.6 Å². The van der Waals surface area contributed by atoms with Crippen molar-refractivity contribution in [2.24, 2.45) is 11.7 Å². The van der Waals surface area contributed by atoms with E-state index in [0.717, 1.165) is 23.8 Å². The van der Waals surface area contributed by atoms with Crippen LogP contribution < -0.4 is 21.3 Å². The van der Waals surface area contributed by atoms with Crippen molar-refractivity contribution in [3.05, 3.63) is 78.4 Å². The van der Waals surface area contributed by atoms with Gasteiger partial charge < -0.3 is 20.9 Å². The molecule has 250 valence electrons. The molecule has 13 nitrogen and oxygen atoms in total. The molecule has 1 aliphatic heterocycles. The molecule has 47 heavy (non-hydrogen) atoms. The molecule has 3 aromatic carbocycles. The molecule has 3 amide bonds. The SMILES string of the molecule is N=C(N)N1CCC[C@@H](CNC(=O)C[C@H](NS(=O)(=O)c2ccc3ccccc3c2)C(=O)N(CC(=O)NOCc2ccccc2)C2CC2)C1. The molecule has 0 bridgehead atoms. The van der Waals surface area contributed by atoms with E-state index in [-0.39, 0.29) is 42.5 Å². The Morgan fingerprint density at radius 3 is 2.43 bits per heavy atom. The smallest absolute Gasteiger partial charge is 0.263 e. The third-order valence-corrected chi connectivity index (χ3v) is 9.79. The zero-order valence-corrected chi connectivity index (χ0v) is 26.9. The molecule has 1 heterocycles. The van der Waals surface area contributed by atoms with E-state index in [1.54, 1.807) is 23.1 Å². The van der Waals surface area contributed by atoms with E-state index in [0.29, 0.717) is 31.3 Å². The minimum atomic E-state index is -4.25. The van der Waals surface area contributed by atoms with Gasteiger partial charge in [0, 0.05) is 25.7 Å². The maximum Gasteiger partial charge on any atom is 0.263 e. The number of nitrogens with one attached hydrogen (secondary N) is 4. The number of piperidine rings is 1. The molecule has 0 spiro atoms. The quantitative estimate of drug-likeness (QED) is 0.0982. The van der Waals surface area contributed by atoms with Crippen molar-refractivity contribution in [3.8, 4) is 0 Å². The van der Waals surface area contributed by atoms with Crippen LogP contribution in [-0.4, -0.2) is 80.2 Å². The number of hydrogen-bond acceptors (Lipinski definition) is 7. The monoisotopic (exact) mass is 663 g/mol. The molecule has 14 heteroatoms. The molecule has 6 N–H and O–H groups in total. The molecule has 0 unspecified atom stereocenters. The normalized spacial score (nSPS) is 17.1. The van der Waals surface area contributed by atoms with Gasteiger partial charge in [-0.25, -0.2) is 13.9 Å². The number of guanidine groups is 1. The minimum Gasteiger partial charge on any atom is -0.370 e. The largest absolute Gasteiger partial charge is 0.370 e. The number of carbonyl (C=O) groups is 3. The Balaban J connectivity index is 1.29. The van der Waals surface area contributed by atoms with E-state index in [9.17, 15) is 22.8 Å². The van der Waals surface area contributed by atoms with Crippen LogP contribution in [0, 0.1) is 11.3 Å². The number of nitrogens with zero attached hydrogens (tertiary/aromatic N) is 2. The summed E-state index contributed by atoms with van der Waals surface area (Å²) >= 11 is 0. The molecule has 5 rings (SSSR count). The molecule has 2 atom stereocenters. The van der Waals surface area contributed by atoms with Crippen molar-refractivity contribution >= 4 is 44.5 Å². The fraction of sp³-hybridized carbons (Fsp3) is 0.394. The molecule has 0 aromatic heterocycles. The molecule has 0 radical (unpaired) electrons. The standard InChI is InChI=1S/C33H41N7O6S/c34-33(35)39-16-6-9-24(20-39)19-36-30(41)18-29(38-47(44,45)28-15-12-25-10-4-5-11-26(25)17-28)32(43)40(27-13-14-27)21-31(42)37-46-22-23-7-2-1-3-8-23/h1-5,7-8,10-12,15,17,24,27,29,38H,6,9,13-14,16,18-22H2,(H3,34,35)(H,36,41)(H,37,42)/t24-,29-/m0/s1. The second-order valence-electron chi connectivity index (χ2n) is 12.0. The van der Waals surface area contributed by atoms with E-state index in [4.69, 9.17) is 16.0 Å². The lowest BCUT2D eigenvalue weighted by Gasteiger charge is -2.33. The van der Waals surface area contributed by atoms with Gasteiger partial charge in [0.25, 0.3) is 5.91 Å². The molecule has 2 fully saturated rings. The molecule has 1 aliphatic carbocycles. The van der Waals surface area contributed by atoms with Crippen LogP contribution >= 0.6 is 0 Å². The highest BCUT2D eigenvalue weighted by molar-refractivity contribution is 7.89. The second kappa shape index (κ2) is 15.4. The predicted molar refractivity (Wildman–Crippen MR) is 176 cm³/mol. The highest BCUT2D eigenvalue weighted by Crippen LogP contribution is 2.28. The molecule has 1 saturated carbocycles. The summed E-state index contributed by atoms with van der Waals surface area (Å²) in [6.07, 6.45) is 2.48. The van der Waals surface area contributed by atoms with E-state index in [1.165, 1.54) is 17.0 Å². The third kappa shape index (κ3) is 9.50. The van der Waals surface area contributed by atoms with Crippen molar-refractivity contribution in [2.45, 2.75) is 55.7 Å². The zero-order chi connectivity index (χ0) is 33.4. The summed E-state index contributed by atoms with van der Waals surface area (Å²) in [5.74, 6) is -1.75. The highest BCUT2D eigenvalue weighted by atomic mass is 32.2. The van der Waals surface area contributed by atoms with Crippen LogP contribution in [0.3, 0.4) is 0 Å². The lowest BCUT2D eigenvalue weighted by Crippen LogP contribution is -2.53. The Bertz CT molecular complexity index is 1700. The number of carbonyl (C=O) groups excluding carboxylic acids is 3. The first-order valence-electron chi connectivity index (χ1n) is 15.7. The van der Waals surface area contributed by atoms with Gasteiger partial charge in [0.05, 0.1) is 17.9 Å². The topological polar surface area (TPSA) is 187 Å². The van der Waals surface area contributed by atoms with Gasteiger partial charge in [-0.1, -0.05) is 60.7 Å². The number of amides is 3. The Hall–Kier alpha value is -4.53. The summed E-state index contributed by atoms with van der Waals surface area (Å²) in [6.45, 7) is 1.24. The highest BCUT2D eigenvalue weighted by Gasteiger charge is 2.39. The van der Waals surface area contributed by atoms with Gasteiger partial charge in [-0.15, -0.1) is 0 Å². The Labute approximate surface area is 274 Å². The van der Waals surface area contributed by atoms with Gasteiger partial charge in [-0.05, 0) is 60.1 Å². The first-order valence-corrected chi connectivity index (χ1v) is 17.2. The van der Waals surface area contributed by atoms with Crippen LogP contribution in [0.5, 0.6) is 0 Å². The molecular formula is C33H41N7O6S. The van der Waals surface area contributed by atoms with Gasteiger partial charge in [0.1, 0.15) is 12.6 Å². The van der Waals surface area contributed by atoms with Gasteiger partial charge in [0.15, 0.2) is 5.96 Å². The summed E-state index contributed by atoms with van der Waals surface area (Å²) < 4.78 is 29.7. The number of hydrogen-bond donors (Lipinski definition) is 5. The number of sulfonamides is 1. The van der Waals surface area contributed by atoms with Crippen molar-refractivity contribution in [1.82, 2.24) is 25.3 Å². The fourth-order valence-electron chi connectivity index (χ4n) is 5.67. The minimum absolute atomic E-state index is 0.0237. The second-order valence-corrected chi connectivity index (χ2v) is 13.7. The zero-order valence-electron chi connectivity index (χ0n) is 26.1.